The van der Waals surface area contributed by atoms with Crippen LogP contribution in [-0.2, 0) is 5.41 Å². The van der Waals surface area contributed by atoms with E-state index in [-0.39, 0.29) is 5.41 Å². The van der Waals surface area contributed by atoms with Gasteiger partial charge in [-0.05, 0) is 51.8 Å². The first-order valence-corrected chi connectivity index (χ1v) is 9.23. The second kappa shape index (κ2) is 5.28. The lowest BCUT2D eigenvalue weighted by Crippen LogP contribution is -2.14. The van der Waals surface area contributed by atoms with Crippen LogP contribution in [-0.4, -0.2) is 6.26 Å². The van der Waals surface area contributed by atoms with E-state index in [4.69, 9.17) is 0 Å². The van der Waals surface area contributed by atoms with Gasteiger partial charge in [-0.2, -0.15) is 0 Å². The van der Waals surface area contributed by atoms with E-state index in [1.807, 2.05) is 11.8 Å². The Kier molecular flexibility index (Phi) is 3.35. The van der Waals surface area contributed by atoms with Gasteiger partial charge < -0.3 is 0 Å². The maximum Gasteiger partial charge on any atom is 0.0159 e. The zero-order chi connectivity index (χ0) is 16.0. The molecule has 0 nitrogen and oxygen atoms in total. The Morgan fingerprint density at radius 2 is 1.35 bits per heavy atom. The molecule has 0 radical (unpaired) electrons. The molecule has 3 aromatic carbocycles. The van der Waals surface area contributed by atoms with Crippen molar-refractivity contribution in [3.63, 3.8) is 0 Å². The number of thioether (sulfide) groups is 1. The van der Waals surface area contributed by atoms with Crippen LogP contribution < -0.4 is 0 Å². The van der Waals surface area contributed by atoms with E-state index in [0.29, 0.717) is 0 Å². The second-order valence-corrected chi connectivity index (χ2v) is 7.48. The van der Waals surface area contributed by atoms with Crippen molar-refractivity contribution in [1.29, 1.82) is 0 Å². The highest BCUT2D eigenvalue weighted by Gasteiger charge is 2.35. The molecule has 0 unspecified atom stereocenters. The Balaban J connectivity index is 1.93. The van der Waals surface area contributed by atoms with Crippen molar-refractivity contribution in [3.8, 4) is 22.3 Å². The Labute approximate surface area is 142 Å². The van der Waals surface area contributed by atoms with Crippen LogP contribution in [0.2, 0.25) is 0 Å². The minimum atomic E-state index is 0.0657. The van der Waals surface area contributed by atoms with Gasteiger partial charge >= 0.3 is 0 Å². The standard InChI is InChI=1S/C22H20S/c1-22(2)19-10-6-4-9-17(19)18-13-12-15(14-20(18)22)16-8-5-7-11-21(16)23-3/h4-14H,1-3H3. The topological polar surface area (TPSA) is 0 Å². The fourth-order valence-corrected chi connectivity index (χ4v) is 4.38. The summed E-state index contributed by atoms with van der Waals surface area (Å²) in [5.74, 6) is 0. The number of fused-ring (bicyclic) bond motifs is 3. The first kappa shape index (κ1) is 14.6. The summed E-state index contributed by atoms with van der Waals surface area (Å²) < 4.78 is 0. The molecule has 0 atom stereocenters. The highest BCUT2D eigenvalue weighted by atomic mass is 32.2. The lowest BCUT2D eigenvalue weighted by Gasteiger charge is -2.22. The molecule has 23 heavy (non-hydrogen) atoms. The third kappa shape index (κ3) is 2.14. The van der Waals surface area contributed by atoms with E-state index in [2.05, 4.69) is 86.8 Å². The molecule has 1 aliphatic rings. The maximum absolute atomic E-state index is 2.39. The SMILES string of the molecule is CSc1ccccc1-c1ccc2c(c1)C(C)(C)c1ccccc1-2. The normalized spacial score (nSPS) is 14.4. The highest BCUT2D eigenvalue weighted by Crippen LogP contribution is 2.49. The predicted molar refractivity (Wildman–Crippen MR) is 101 cm³/mol. The van der Waals surface area contributed by atoms with Gasteiger partial charge in [0.15, 0.2) is 0 Å². The molecule has 1 aliphatic carbocycles. The minimum Gasteiger partial charge on any atom is -0.129 e. The molecule has 0 amide bonds. The highest BCUT2D eigenvalue weighted by molar-refractivity contribution is 7.98. The van der Waals surface area contributed by atoms with Crippen molar-refractivity contribution in [2.24, 2.45) is 0 Å². The van der Waals surface area contributed by atoms with Crippen molar-refractivity contribution >= 4 is 11.8 Å². The van der Waals surface area contributed by atoms with Gasteiger partial charge in [-0.3, -0.25) is 0 Å². The summed E-state index contributed by atoms with van der Waals surface area (Å²) in [6.07, 6.45) is 2.14. The number of benzene rings is 3. The Hall–Kier alpha value is -1.99. The Morgan fingerprint density at radius 1 is 0.696 bits per heavy atom. The number of hydrogen-bond donors (Lipinski definition) is 0. The van der Waals surface area contributed by atoms with Crippen LogP contribution in [0.5, 0.6) is 0 Å². The lowest BCUT2D eigenvalue weighted by atomic mass is 9.81. The molecule has 3 aromatic rings. The van der Waals surface area contributed by atoms with Gasteiger partial charge in [-0.25, -0.2) is 0 Å². The van der Waals surface area contributed by atoms with E-state index in [1.54, 1.807) is 0 Å². The van der Waals surface area contributed by atoms with Crippen LogP contribution in [0.1, 0.15) is 25.0 Å². The fourth-order valence-electron chi connectivity index (χ4n) is 3.75. The third-order valence-corrected chi connectivity index (χ3v) is 5.80. The smallest absolute Gasteiger partial charge is 0.0159 e. The quantitative estimate of drug-likeness (QED) is 0.494. The fraction of sp³-hybridized carbons (Fsp3) is 0.182. The molecular weight excluding hydrogens is 296 g/mol. The average Bonchev–Trinajstić information content (AvgIpc) is 2.83. The summed E-state index contributed by atoms with van der Waals surface area (Å²) in [5.41, 5.74) is 8.35. The van der Waals surface area contributed by atoms with Crippen LogP contribution in [0.15, 0.2) is 71.6 Å². The van der Waals surface area contributed by atoms with E-state index in [9.17, 15) is 0 Å². The maximum atomic E-state index is 2.39. The van der Waals surface area contributed by atoms with Crippen molar-refractivity contribution in [2.75, 3.05) is 6.26 Å². The van der Waals surface area contributed by atoms with Crippen LogP contribution >= 0.6 is 11.8 Å². The van der Waals surface area contributed by atoms with E-state index >= 15 is 0 Å². The molecule has 0 aromatic heterocycles. The Bertz CT molecular complexity index is 890. The summed E-state index contributed by atoms with van der Waals surface area (Å²) in [7, 11) is 0. The molecule has 0 bridgehead atoms. The molecular formula is C22H20S. The summed E-state index contributed by atoms with van der Waals surface area (Å²) in [4.78, 5) is 1.33. The molecule has 114 valence electrons. The molecule has 0 N–H and O–H groups in total. The molecule has 0 saturated heterocycles. The van der Waals surface area contributed by atoms with Gasteiger partial charge in [0.2, 0.25) is 0 Å². The molecule has 0 aliphatic heterocycles. The van der Waals surface area contributed by atoms with E-state index in [1.165, 1.54) is 38.3 Å². The summed E-state index contributed by atoms with van der Waals surface area (Å²) >= 11 is 1.81. The van der Waals surface area contributed by atoms with Crippen molar-refractivity contribution < 1.29 is 0 Å². The molecule has 1 heteroatoms. The van der Waals surface area contributed by atoms with E-state index in [0.717, 1.165) is 0 Å². The van der Waals surface area contributed by atoms with Crippen LogP contribution in [0.25, 0.3) is 22.3 Å². The van der Waals surface area contributed by atoms with Gasteiger partial charge in [0.1, 0.15) is 0 Å². The van der Waals surface area contributed by atoms with Crippen molar-refractivity contribution in [3.05, 3.63) is 77.9 Å². The Morgan fingerprint density at radius 3 is 2.13 bits per heavy atom. The van der Waals surface area contributed by atoms with Crippen LogP contribution in [0.4, 0.5) is 0 Å². The molecule has 4 rings (SSSR count). The second-order valence-electron chi connectivity index (χ2n) is 6.63. The monoisotopic (exact) mass is 316 g/mol. The first-order valence-electron chi connectivity index (χ1n) is 8.01. The molecule has 0 fully saturated rings. The van der Waals surface area contributed by atoms with Gasteiger partial charge in [-0.15, -0.1) is 11.8 Å². The summed E-state index contributed by atoms with van der Waals surface area (Å²) in [6.45, 7) is 4.67. The zero-order valence-electron chi connectivity index (χ0n) is 13.8. The zero-order valence-corrected chi connectivity index (χ0v) is 14.6. The number of hydrogen-bond acceptors (Lipinski definition) is 1. The minimum absolute atomic E-state index is 0.0657. The van der Waals surface area contributed by atoms with Crippen molar-refractivity contribution in [1.82, 2.24) is 0 Å². The number of rotatable bonds is 2. The predicted octanol–water partition coefficient (Wildman–Crippen LogP) is 6.38. The molecule has 0 saturated carbocycles. The van der Waals surface area contributed by atoms with E-state index < -0.39 is 0 Å². The largest absolute Gasteiger partial charge is 0.129 e. The third-order valence-electron chi connectivity index (χ3n) is 5.00. The summed E-state index contributed by atoms with van der Waals surface area (Å²) in [6, 6.07) is 24.4. The van der Waals surface area contributed by atoms with Gasteiger partial charge in [-0.1, -0.05) is 68.4 Å². The van der Waals surface area contributed by atoms with Crippen LogP contribution in [0, 0.1) is 0 Å². The average molecular weight is 316 g/mol. The van der Waals surface area contributed by atoms with Gasteiger partial charge in [0.25, 0.3) is 0 Å². The molecule has 0 heterocycles. The summed E-state index contributed by atoms with van der Waals surface area (Å²) in [5, 5.41) is 0. The lowest BCUT2D eigenvalue weighted by molar-refractivity contribution is 0.660. The molecule has 0 spiro atoms. The van der Waals surface area contributed by atoms with Gasteiger partial charge in [0, 0.05) is 10.3 Å². The first-order chi connectivity index (χ1) is 11.1. The van der Waals surface area contributed by atoms with Crippen LogP contribution in [0.3, 0.4) is 0 Å². The van der Waals surface area contributed by atoms with Crippen molar-refractivity contribution in [2.45, 2.75) is 24.2 Å². The van der Waals surface area contributed by atoms with Gasteiger partial charge in [0.05, 0.1) is 0 Å².